The number of aromatic nitrogens is 1. The van der Waals surface area contributed by atoms with Gasteiger partial charge in [-0.25, -0.2) is 0 Å². The predicted octanol–water partition coefficient (Wildman–Crippen LogP) is 3.83. The highest BCUT2D eigenvalue weighted by molar-refractivity contribution is 5.92. The van der Waals surface area contributed by atoms with E-state index in [1.54, 1.807) is 6.07 Å². The van der Waals surface area contributed by atoms with Gasteiger partial charge < -0.3 is 9.84 Å². The standard InChI is InChI=1S/C18H16N2O2/c1-13-7-5-6-10-16(13)19-18(21)12-15-11-17(22-20-15)14-8-3-2-4-9-14/h2-11H,12H2,1H3,(H,19,21). The highest BCUT2D eigenvalue weighted by Crippen LogP contribution is 2.20. The first-order chi connectivity index (χ1) is 10.7. The van der Waals surface area contributed by atoms with Crippen LogP contribution in [0.5, 0.6) is 0 Å². The molecule has 0 saturated heterocycles. The fourth-order valence-electron chi connectivity index (χ4n) is 2.21. The van der Waals surface area contributed by atoms with Crippen LogP contribution in [-0.4, -0.2) is 11.1 Å². The van der Waals surface area contributed by atoms with E-state index in [1.165, 1.54) is 0 Å². The number of nitrogens with zero attached hydrogens (tertiary/aromatic N) is 1. The molecule has 0 bridgehead atoms. The fourth-order valence-corrected chi connectivity index (χ4v) is 2.21. The van der Waals surface area contributed by atoms with E-state index in [-0.39, 0.29) is 12.3 Å². The van der Waals surface area contributed by atoms with Crippen LogP contribution in [0.3, 0.4) is 0 Å². The fraction of sp³-hybridized carbons (Fsp3) is 0.111. The van der Waals surface area contributed by atoms with E-state index < -0.39 is 0 Å². The third kappa shape index (κ3) is 3.23. The Morgan fingerprint density at radius 1 is 1.09 bits per heavy atom. The van der Waals surface area contributed by atoms with Crippen LogP contribution < -0.4 is 5.32 Å². The second-order valence-electron chi connectivity index (χ2n) is 5.09. The molecule has 0 spiro atoms. The number of carbonyl (C=O) groups excluding carboxylic acids is 1. The molecule has 4 heteroatoms. The Labute approximate surface area is 128 Å². The van der Waals surface area contributed by atoms with Crippen molar-refractivity contribution in [2.45, 2.75) is 13.3 Å². The van der Waals surface area contributed by atoms with Crippen LogP contribution in [0.2, 0.25) is 0 Å². The number of hydrogen-bond donors (Lipinski definition) is 1. The van der Waals surface area contributed by atoms with Crippen molar-refractivity contribution in [1.82, 2.24) is 5.16 Å². The minimum atomic E-state index is -0.109. The molecule has 0 fully saturated rings. The van der Waals surface area contributed by atoms with Gasteiger partial charge in [0, 0.05) is 17.3 Å². The van der Waals surface area contributed by atoms with Crippen LogP contribution in [0, 0.1) is 6.92 Å². The molecule has 2 aromatic carbocycles. The Balaban J connectivity index is 1.68. The SMILES string of the molecule is Cc1ccccc1NC(=O)Cc1cc(-c2ccccc2)on1. The van der Waals surface area contributed by atoms with Gasteiger partial charge in [-0.1, -0.05) is 53.7 Å². The summed E-state index contributed by atoms with van der Waals surface area (Å²) in [4.78, 5) is 12.1. The molecule has 0 aliphatic carbocycles. The number of amides is 1. The van der Waals surface area contributed by atoms with E-state index in [4.69, 9.17) is 4.52 Å². The zero-order valence-corrected chi connectivity index (χ0v) is 12.2. The van der Waals surface area contributed by atoms with Crippen molar-refractivity contribution in [3.63, 3.8) is 0 Å². The zero-order valence-electron chi connectivity index (χ0n) is 12.2. The van der Waals surface area contributed by atoms with E-state index in [1.807, 2.05) is 61.5 Å². The highest BCUT2D eigenvalue weighted by Gasteiger charge is 2.11. The molecule has 0 unspecified atom stereocenters. The summed E-state index contributed by atoms with van der Waals surface area (Å²) in [7, 11) is 0. The van der Waals surface area contributed by atoms with Gasteiger partial charge in [-0.2, -0.15) is 0 Å². The zero-order chi connectivity index (χ0) is 15.4. The second-order valence-corrected chi connectivity index (χ2v) is 5.09. The Morgan fingerprint density at radius 2 is 1.82 bits per heavy atom. The van der Waals surface area contributed by atoms with Gasteiger partial charge in [0.2, 0.25) is 5.91 Å². The maximum Gasteiger partial charge on any atom is 0.230 e. The van der Waals surface area contributed by atoms with E-state index in [0.29, 0.717) is 11.5 Å². The van der Waals surface area contributed by atoms with Crippen molar-refractivity contribution >= 4 is 11.6 Å². The van der Waals surface area contributed by atoms with E-state index in [2.05, 4.69) is 10.5 Å². The van der Waals surface area contributed by atoms with Gasteiger partial charge in [-0.3, -0.25) is 4.79 Å². The molecule has 1 aromatic heterocycles. The van der Waals surface area contributed by atoms with Crippen LogP contribution in [0.15, 0.2) is 65.2 Å². The lowest BCUT2D eigenvalue weighted by Gasteiger charge is -2.06. The van der Waals surface area contributed by atoms with Crippen molar-refractivity contribution in [3.8, 4) is 11.3 Å². The van der Waals surface area contributed by atoms with E-state index in [9.17, 15) is 4.79 Å². The second kappa shape index (κ2) is 6.26. The Bertz CT molecular complexity index is 779. The number of carbonyl (C=O) groups is 1. The summed E-state index contributed by atoms with van der Waals surface area (Å²) < 4.78 is 5.30. The van der Waals surface area contributed by atoms with Crippen molar-refractivity contribution < 1.29 is 9.32 Å². The number of nitrogens with one attached hydrogen (secondary N) is 1. The smallest absolute Gasteiger partial charge is 0.230 e. The van der Waals surface area contributed by atoms with Gasteiger partial charge in [-0.15, -0.1) is 0 Å². The van der Waals surface area contributed by atoms with Crippen LogP contribution in [0.25, 0.3) is 11.3 Å². The molecule has 1 heterocycles. The molecule has 0 aliphatic rings. The van der Waals surface area contributed by atoms with Gasteiger partial charge in [0.25, 0.3) is 0 Å². The summed E-state index contributed by atoms with van der Waals surface area (Å²) >= 11 is 0. The van der Waals surface area contributed by atoms with Crippen molar-refractivity contribution in [1.29, 1.82) is 0 Å². The third-order valence-electron chi connectivity index (χ3n) is 3.38. The van der Waals surface area contributed by atoms with Crippen molar-refractivity contribution in [2.24, 2.45) is 0 Å². The van der Waals surface area contributed by atoms with Crippen LogP contribution in [0.4, 0.5) is 5.69 Å². The molecule has 22 heavy (non-hydrogen) atoms. The van der Waals surface area contributed by atoms with Gasteiger partial charge >= 0.3 is 0 Å². The largest absolute Gasteiger partial charge is 0.356 e. The van der Waals surface area contributed by atoms with Gasteiger partial charge in [0.1, 0.15) is 0 Å². The van der Waals surface area contributed by atoms with Crippen molar-refractivity contribution in [3.05, 3.63) is 71.9 Å². The quantitative estimate of drug-likeness (QED) is 0.795. The molecule has 1 N–H and O–H groups in total. The maximum absolute atomic E-state index is 12.1. The minimum absolute atomic E-state index is 0.109. The Hall–Kier alpha value is -2.88. The topological polar surface area (TPSA) is 55.1 Å². The number of hydrogen-bond acceptors (Lipinski definition) is 3. The molecule has 0 saturated carbocycles. The average Bonchev–Trinajstić information content (AvgIpc) is 2.99. The molecule has 0 atom stereocenters. The van der Waals surface area contributed by atoms with Gasteiger partial charge in [0.15, 0.2) is 5.76 Å². The van der Waals surface area contributed by atoms with Crippen LogP contribution in [0.1, 0.15) is 11.3 Å². The third-order valence-corrected chi connectivity index (χ3v) is 3.38. The molecular formula is C18H16N2O2. The van der Waals surface area contributed by atoms with Gasteiger partial charge in [0.05, 0.1) is 12.1 Å². The molecule has 4 nitrogen and oxygen atoms in total. The minimum Gasteiger partial charge on any atom is -0.356 e. The first kappa shape index (κ1) is 14.1. The number of para-hydroxylation sites is 1. The summed E-state index contributed by atoms with van der Waals surface area (Å²) in [5.41, 5.74) is 3.41. The number of anilines is 1. The van der Waals surface area contributed by atoms with E-state index >= 15 is 0 Å². The first-order valence-corrected chi connectivity index (χ1v) is 7.09. The maximum atomic E-state index is 12.1. The Morgan fingerprint density at radius 3 is 2.59 bits per heavy atom. The number of aryl methyl sites for hydroxylation is 1. The summed E-state index contributed by atoms with van der Waals surface area (Å²) in [6.45, 7) is 1.96. The first-order valence-electron chi connectivity index (χ1n) is 7.09. The summed E-state index contributed by atoms with van der Waals surface area (Å²) in [5.74, 6) is 0.557. The lowest BCUT2D eigenvalue weighted by atomic mass is 10.1. The van der Waals surface area contributed by atoms with Crippen LogP contribution >= 0.6 is 0 Å². The van der Waals surface area contributed by atoms with E-state index in [0.717, 1.165) is 16.8 Å². The molecule has 3 aromatic rings. The summed E-state index contributed by atoms with van der Waals surface area (Å²) in [6, 6.07) is 19.2. The Kier molecular flexibility index (Phi) is 4.01. The molecular weight excluding hydrogens is 276 g/mol. The monoisotopic (exact) mass is 292 g/mol. The number of rotatable bonds is 4. The normalized spacial score (nSPS) is 10.4. The molecule has 0 aliphatic heterocycles. The molecule has 110 valence electrons. The molecule has 3 rings (SSSR count). The molecule has 0 radical (unpaired) electrons. The average molecular weight is 292 g/mol. The lowest BCUT2D eigenvalue weighted by Crippen LogP contribution is -2.15. The van der Waals surface area contributed by atoms with Crippen molar-refractivity contribution in [2.75, 3.05) is 5.32 Å². The predicted molar refractivity (Wildman–Crippen MR) is 85.5 cm³/mol. The van der Waals surface area contributed by atoms with Gasteiger partial charge in [-0.05, 0) is 18.6 Å². The highest BCUT2D eigenvalue weighted by atomic mass is 16.5. The lowest BCUT2D eigenvalue weighted by molar-refractivity contribution is -0.115. The number of benzene rings is 2. The van der Waals surface area contributed by atoms with Crippen LogP contribution in [-0.2, 0) is 11.2 Å². The summed E-state index contributed by atoms with van der Waals surface area (Å²) in [6.07, 6.45) is 0.185. The molecule has 1 amide bonds. The summed E-state index contributed by atoms with van der Waals surface area (Å²) in [5, 5.41) is 6.85.